The minimum Gasteiger partial charge on any atom is -0.389 e. The summed E-state index contributed by atoms with van der Waals surface area (Å²) < 4.78 is 25.0. The number of halogens is 2. The summed E-state index contributed by atoms with van der Waals surface area (Å²) in [6.45, 7) is 8.65. The quantitative estimate of drug-likeness (QED) is 0.911. The summed E-state index contributed by atoms with van der Waals surface area (Å²) in [5.41, 5.74) is 0.390. The summed E-state index contributed by atoms with van der Waals surface area (Å²) in [5, 5.41) is 10.7. The fraction of sp³-hybridized carbons (Fsp3) is 0.647. The molecule has 2 rings (SSSR count). The predicted molar refractivity (Wildman–Crippen MR) is 80.3 cm³/mol. The van der Waals surface area contributed by atoms with E-state index < -0.39 is 12.0 Å². The zero-order valence-electron chi connectivity index (χ0n) is 13.1. The molecule has 2 nitrogen and oxygen atoms in total. The van der Waals surface area contributed by atoms with E-state index in [-0.39, 0.29) is 11.0 Å². The van der Waals surface area contributed by atoms with Crippen molar-refractivity contribution in [1.29, 1.82) is 0 Å². The number of nitrogens with zero attached hydrogens (tertiary/aromatic N) is 1. The van der Waals surface area contributed by atoms with Crippen LogP contribution in [0.25, 0.3) is 0 Å². The van der Waals surface area contributed by atoms with Crippen molar-refractivity contribution in [1.82, 2.24) is 4.90 Å². The average Bonchev–Trinajstić information content (AvgIpc) is 2.41. The Labute approximate surface area is 125 Å². The molecule has 0 spiro atoms. The van der Waals surface area contributed by atoms with Gasteiger partial charge in [0.15, 0.2) is 0 Å². The Bertz CT molecular complexity index is 457. The van der Waals surface area contributed by atoms with E-state index in [1.807, 2.05) is 0 Å². The molecule has 0 aromatic heterocycles. The summed E-state index contributed by atoms with van der Waals surface area (Å²) in [7, 11) is 0. The molecule has 1 N–H and O–H groups in total. The Morgan fingerprint density at radius 2 is 1.67 bits per heavy atom. The molecule has 1 aromatic rings. The van der Waals surface area contributed by atoms with Crippen LogP contribution in [0.3, 0.4) is 0 Å². The number of piperidine rings is 1. The molecule has 0 amide bonds. The van der Waals surface area contributed by atoms with Crippen molar-refractivity contribution in [3.8, 4) is 0 Å². The van der Waals surface area contributed by atoms with Gasteiger partial charge in [0.1, 0.15) is 0 Å². The van der Waals surface area contributed by atoms with Gasteiger partial charge in [0.05, 0.1) is 5.60 Å². The molecular formula is C17H25F2NO. The number of hydrogen-bond donors (Lipinski definition) is 1. The maximum atomic E-state index is 12.5. The molecule has 0 atom stereocenters. The molecule has 1 aliphatic heterocycles. The largest absolute Gasteiger partial charge is 0.389 e. The second-order valence-corrected chi connectivity index (χ2v) is 7.10. The lowest BCUT2D eigenvalue weighted by Gasteiger charge is -2.46. The molecule has 118 valence electrons. The lowest BCUT2D eigenvalue weighted by atomic mass is 9.71. The maximum Gasteiger partial charge on any atom is 0.263 e. The van der Waals surface area contributed by atoms with E-state index in [0.717, 1.165) is 38.0 Å². The standard InChI is InChI=1S/C17H25F2NO/c1-16(2,3)17(21)8-10-20(11-9-17)12-13-4-6-14(7-5-13)15(18)19/h4-7,15,21H,8-12H2,1-3H3. The highest BCUT2D eigenvalue weighted by atomic mass is 19.3. The predicted octanol–water partition coefficient (Wildman–Crippen LogP) is 4.00. The normalized spacial score (nSPS) is 20.0. The molecule has 1 aromatic carbocycles. The first-order valence-electron chi connectivity index (χ1n) is 7.53. The van der Waals surface area contributed by atoms with Gasteiger partial charge in [0.2, 0.25) is 0 Å². The molecule has 0 radical (unpaired) electrons. The lowest BCUT2D eigenvalue weighted by Crippen LogP contribution is -2.51. The molecule has 4 heteroatoms. The number of likely N-dealkylation sites (tertiary alicyclic amines) is 1. The van der Waals surface area contributed by atoms with Crippen LogP contribution in [0.1, 0.15) is 51.2 Å². The topological polar surface area (TPSA) is 23.5 Å². The molecule has 0 saturated carbocycles. The zero-order chi connectivity index (χ0) is 15.7. The van der Waals surface area contributed by atoms with Crippen molar-refractivity contribution in [3.05, 3.63) is 35.4 Å². The zero-order valence-corrected chi connectivity index (χ0v) is 13.1. The highest BCUT2D eigenvalue weighted by Gasteiger charge is 2.42. The van der Waals surface area contributed by atoms with Crippen LogP contribution in [0.2, 0.25) is 0 Å². The SMILES string of the molecule is CC(C)(C)C1(O)CCN(Cc2ccc(C(F)F)cc2)CC1. The molecule has 0 unspecified atom stereocenters. The summed E-state index contributed by atoms with van der Waals surface area (Å²) in [6.07, 6.45) is -0.895. The fourth-order valence-electron chi connectivity index (χ4n) is 2.86. The van der Waals surface area contributed by atoms with Gasteiger partial charge in [0.25, 0.3) is 6.43 Å². The summed E-state index contributed by atoms with van der Waals surface area (Å²) in [4.78, 5) is 2.28. The van der Waals surface area contributed by atoms with Gasteiger partial charge in [-0.25, -0.2) is 8.78 Å². The van der Waals surface area contributed by atoms with Gasteiger partial charge >= 0.3 is 0 Å². The Morgan fingerprint density at radius 3 is 2.10 bits per heavy atom. The van der Waals surface area contributed by atoms with Gasteiger partial charge in [0, 0.05) is 25.2 Å². The number of alkyl halides is 2. The molecule has 1 aliphatic rings. The summed E-state index contributed by atoms with van der Waals surface area (Å²) in [6, 6.07) is 6.53. The highest BCUT2D eigenvalue weighted by Crippen LogP contribution is 2.38. The lowest BCUT2D eigenvalue weighted by molar-refractivity contribution is -0.0999. The molecule has 1 fully saturated rings. The third-order valence-corrected chi connectivity index (χ3v) is 4.72. The molecule has 1 saturated heterocycles. The Morgan fingerprint density at radius 1 is 1.14 bits per heavy atom. The summed E-state index contributed by atoms with van der Waals surface area (Å²) >= 11 is 0. The van der Waals surface area contributed by atoms with Crippen LogP contribution in [0.15, 0.2) is 24.3 Å². The van der Waals surface area contributed by atoms with Crippen molar-refractivity contribution >= 4 is 0 Å². The van der Waals surface area contributed by atoms with Gasteiger partial charge in [-0.15, -0.1) is 0 Å². The highest BCUT2D eigenvalue weighted by molar-refractivity contribution is 5.23. The molecule has 0 aliphatic carbocycles. The van der Waals surface area contributed by atoms with E-state index in [1.54, 1.807) is 12.1 Å². The third kappa shape index (κ3) is 3.80. The Kier molecular flexibility index (Phi) is 4.69. The van der Waals surface area contributed by atoms with E-state index in [1.165, 1.54) is 12.1 Å². The van der Waals surface area contributed by atoms with E-state index in [4.69, 9.17) is 0 Å². The maximum absolute atomic E-state index is 12.5. The van der Waals surface area contributed by atoms with Crippen LogP contribution >= 0.6 is 0 Å². The van der Waals surface area contributed by atoms with Crippen LogP contribution in [-0.2, 0) is 6.54 Å². The van der Waals surface area contributed by atoms with E-state index in [2.05, 4.69) is 25.7 Å². The van der Waals surface area contributed by atoms with Gasteiger partial charge in [-0.2, -0.15) is 0 Å². The Hall–Kier alpha value is -1.00. The minimum atomic E-state index is -2.41. The van der Waals surface area contributed by atoms with Gasteiger partial charge in [-0.1, -0.05) is 45.0 Å². The number of aliphatic hydroxyl groups is 1. The van der Waals surface area contributed by atoms with E-state index in [9.17, 15) is 13.9 Å². The van der Waals surface area contributed by atoms with E-state index in [0.29, 0.717) is 0 Å². The van der Waals surface area contributed by atoms with Gasteiger partial charge in [-0.05, 0) is 23.8 Å². The van der Waals surface area contributed by atoms with Crippen molar-refractivity contribution in [2.24, 2.45) is 5.41 Å². The van der Waals surface area contributed by atoms with Crippen molar-refractivity contribution in [2.45, 2.75) is 52.2 Å². The molecule has 21 heavy (non-hydrogen) atoms. The van der Waals surface area contributed by atoms with Crippen LogP contribution in [-0.4, -0.2) is 28.7 Å². The second-order valence-electron chi connectivity index (χ2n) is 7.10. The van der Waals surface area contributed by atoms with Crippen LogP contribution < -0.4 is 0 Å². The van der Waals surface area contributed by atoms with Crippen LogP contribution in [0.5, 0.6) is 0 Å². The van der Waals surface area contributed by atoms with Crippen molar-refractivity contribution in [2.75, 3.05) is 13.1 Å². The van der Waals surface area contributed by atoms with Crippen molar-refractivity contribution < 1.29 is 13.9 Å². The van der Waals surface area contributed by atoms with Crippen molar-refractivity contribution in [3.63, 3.8) is 0 Å². The smallest absolute Gasteiger partial charge is 0.263 e. The minimum absolute atomic E-state index is 0.0690. The first-order chi connectivity index (χ1) is 9.71. The third-order valence-electron chi connectivity index (χ3n) is 4.72. The number of rotatable bonds is 3. The van der Waals surface area contributed by atoms with Crippen LogP contribution in [0, 0.1) is 5.41 Å². The van der Waals surface area contributed by atoms with E-state index >= 15 is 0 Å². The number of hydrogen-bond acceptors (Lipinski definition) is 2. The van der Waals surface area contributed by atoms with Gasteiger partial charge < -0.3 is 5.11 Å². The first-order valence-corrected chi connectivity index (χ1v) is 7.53. The fourth-order valence-corrected chi connectivity index (χ4v) is 2.86. The average molecular weight is 297 g/mol. The monoisotopic (exact) mass is 297 g/mol. The Balaban J connectivity index is 1.92. The van der Waals surface area contributed by atoms with Gasteiger partial charge in [-0.3, -0.25) is 4.90 Å². The second kappa shape index (κ2) is 6.01. The molecule has 0 bridgehead atoms. The molecule has 1 heterocycles. The summed E-state index contributed by atoms with van der Waals surface area (Å²) in [5.74, 6) is 0. The number of benzene rings is 1. The molecular weight excluding hydrogens is 272 g/mol. The first kappa shape index (κ1) is 16.4. The van der Waals surface area contributed by atoms with Crippen LogP contribution in [0.4, 0.5) is 8.78 Å².